The third-order valence-corrected chi connectivity index (χ3v) is 4.14. The molecule has 108 valence electrons. The highest BCUT2D eigenvalue weighted by molar-refractivity contribution is 6.35. The summed E-state index contributed by atoms with van der Waals surface area (Å²) in [4.78, 5) is 29.6. The molecule has 0 aliphatic carbocycles. The molecule has 0 aromatic rings. The van der Waals surface area contributed by atoms with Crippen molar-refractivity contribution in [2.45, 2.75) is 20.3 Å². The van der Waals surface area contributed by atoms with Crippen LogP contribution in [0.3, 0.4) is 0 Å². The number of hydrogen-bond donors (Lipinski definition) is 0. The van der Waals surface area contributed by atoms with E-state index in [4.69, 9.17) is 0 Å². The number of likely N-dealkylation sites (tertiary alicyclic amines) is 2. The van der Waals surface area contributed by atoms with E-state index in [0.717, 1.165) is 32.6 Å². The van der Waals surface area contributed by atoms with Gasteiger partial charge in [-0.1, -0.05) is 13.8 Å². The minimum absolute atomic E-state index is 0.265. The van der Waals surface area contributed by atoms with Crippen LogP contribution in [-0.2, 0) is 9.59 Å². The minimum atomic E-state index is -0.366. The molecule has 0 saturated carbocycles. The van der Waals surface area contributed by atoms with Gasteiger partial charge in [0.2, 0.25) is 0 Å². The molecule has 5 nitrogen and oxygen atoms in total. The molecule has 2 amide bonds. The lowest BCUT2D eigenvalue weighted by atomic mass is 9.79. The molecule has 2 heterocycles. The summed E-state index contributed by atoms with van der Waals surface area (Å²) in [7, 11) is 3.82. The molecule has 2 saturated heterocycles. The van der Waals surface area contributed by atoms with E-state index in [1.54, 1.807) is 16.8 Å². The van der Waals surface area contributed by atoms with Crippen molar-refractivity contribution in [3.63, 3.8) is 0 Å². The summed E-state index contributed by atoms with van der Waals surface area (Å²) in [6, 6.07) is 0. The van der Waals surface area contributed by atoms with E-state index in [1.165, 1.54) is 0 Å². The lowest BCUT2D eigenvalue weighted by Gasteiger charge is -2.47. The average Bonchev–Trinajstić information content (AvgIpc) is 2.66. The molecule has 5 heteroatoms. The van der Waals surface area contributed by atoms with Crippen LogP contribution in [0.5, 0.6) is 0 Å². The lowest BCUT2D eigenvalue weighted by Crippen LogP contribution is -2.62. The second-order valence-corrected chi connectivity index (χ2v) is 6.73. The summed E-state index contributed by atoms with van der Waals surface area (Å²) in [6.07, 6.45) is 1.14. The van der Waals surface area contributed by atoms with Crippen molar-refractivity contribution in [3.8, 4) is 0 Å². The Balaban J connectivity index is 1.84. The molecule has 19 heavy (non-hydrogen) atoms. The van der Waals surface area contributed by atoms with Crippen LogP contribution >= 0.6 is 0 Å². The van der Waals surface area contributed by atoms with Crippen molar-refractivity contribution in [3.05, 3.63) is 0 Å². The van der Waals surface area contributed by atoms with Gasteiger partial charge in [0.25, 0.3) is 0 Å². The molecule has 0 aromatic carbocycles. The zero-order valence-corrected chi connectivity index (χ0v) is 12.5. The van der Waals surface area contributed by atoms with Crippen molar-refractivity contribution in [1.29, 1.82) is 0 Å². The third kappa shape index (κ3) is 2.91. The van der Waals surface area contributed by atoms with E-state index >= 15 is 0 Å². The number of nitrogens with zero attached hydrogens (tertiary/aromatic N) is 3. The predicted molar refractivity (Wildman–Crippen MR) is 73.6 cm³/mol. The molecule has 2 rings (SSSR count). The summed E-state index contributed by atoms with van der Waals surface area (Å²) >= 11 is 0. The van der Waals surface area contributed by atoms with Gasteiger partial charge in [-0.05, 0) is 25.9 Å². The monoisotopic (exact) mass is 267 g/mol. The molecule has 0 N–H and O–H groups in total. The fraction of sp³-hybridized carbons (Fsp3) is 0.857. The van der Waals surface area contributed by atoms with Crippen LogP contribution in [0.1, 0.15) is 20.3 Å². The van der Waals surface area contributed by atoms with Gasteiger partial charge in [-0.2, -0.15) is 0 Å². The van der Waals surface area contributed by atoms with Gasteiger partial charge in [-0.25, -0.2) is 0 Å². The maximum Gasteiger partial charge on any atom is 0.312 e. The largest absolute Gasteiger partial charge is 0.337 e. The van der Waals surface area contributed by atoms with Crippen LogP contribution in [0, 0.1) is 11.3 Å². The lowest BCUT2D eigenvalue weighted by molar-refractivity contribution is -0.158. The minimum Gasteiger partial charge on any atom is -0.337 e. The van der Waals surface area contributed by atoms with Crippen LogP contribution in [0.4, 0.5) is 0 Å². The first-order valence-electron chi connectivity index (χ1n) is 7.06. The topological polar surface area (TPSA) is 43.9 Å². The van der Waals surface area contributed by atoms with E-state index in [-0.39, 0.29) is 17.2 Å². The van der Waals surface area contributed by atoms with Crippen LogP contribution in [0.25, 0.3) is 0 Å². The Hall–Kier alpha value is -1.10. The summed E-state index contributed by atoms with van der Waals surface area (Å²) < 4.78 is 0. The summed E-state index contributed by atoms with van der Waals surface area (Å²) in [6.45, 7) is 8.36. The molecule has 2 fully saturated rings. The fourth-order valence-electron chi connectivity index (χ4n) is 3.25. The second-order valence-electron chi connectivity index (χ2n) is 6.73. The molecule has 0 radical (unpaired) electrons. The highest BCUT2D eigenvalue weighted by Crippen LogP contribution is 2.38. The van der Waals surface area contributed by atoms with Crippen molar-refractivity contribution in [2.24, 2.45) is 11.3 Å². The van der Waals surface area contributed by atoms with Gasteiger partial charge in [0.15, 0.2) is 0 Å². The Bertz CT molecular complexity index is 375. The van der Waals surface area contributed by atoms with E-state index in [9.17, 15) is 9.59 Å². The van der Waals surface area contributed by atoms with E-state index in [2.05, 4.69) is 11.9 Å². The van der Waals surface area contributed by atoms with Gasteiger partial charge in [-0.15, -0.1) is 0 Å². The fourth-order valence-corrected chi connectivity index (χ4v) is 3.25. The first kappa shape index (κ1) is 14.3. The molecule has 2 aliphatic heterocycles. The first-order valence-corrected chi connectivity index (χ1v) is 7.06. The maximum absolute atomic E-state index is 12.1. The molecule has 0 unspecified atom stereocenters. The third-order valence-electron chi connectivity index (χ3n) is 4.14. The Morgan fingerprint density at radius 1 is 1.26 bits per heavy atom. The number of carbonyl (C=O) groups excluding carboxylic acids is 2. The number of rotatable bonds is 2. The van der Waals surface area contributed by atoms with Crippen molar-refractivity contribution in [1.82, 2.24) is 14.7 Å². The maximum atomic E-state index is 12.1. The Kier molecular flexibility index (Phi) is 3.85. The van der Waals surface area contributed by atoms with E-state index < -0.39 is 0 Å². The highest BCUT2D eigenvalue weighted by atomic mass is 16.2. The van der Waals surface area contributed by atoms with Crippen molar-refractivity contribution < 1.29 is 9.59 Å². The zero-order valence-electron chi connectivity index (χ0n) is 12.5. The number of likely N-dealkylation sites (N-methyl/N-ethyl adjacent to an activating group) is 1. The summed E-state index contributed by atoms with van der Waals surface area (Å²) in [5, 5.41) is 0. The van der Waals surface area contributed by atoms with Gasteiger partial charge in [-0.3, -0.25) is 9.59 Å². The quantitative estimate of drug-likeness (QED) is 0.674. The average molecular weight is 267 g/mol. The van der Waals surface area contributed by atoms with Crippen molar-refractivity contribution in [2.75, 3.05) is 46.8 Å². The van der Waals surface area contributed by atoms with Gasteiger partial charge < -0.3 is 14.7 Å². The van der Waals surface area contributed by atoms with Crippen LogP contribution in [0.2, 0.25) is 0 Å². The molecule has 0 atom stereocenters. The van der Waals surface area contributed by atoms with Crippen molar-refractivity contribution >= 4 is 11.8 Å². The van der Waals surface area contributed by atoms with Gasteiger partial charge in [0.05, 0.1) is 0 Å². The van der Waals surface area contributed by atoms with E-state index in [1.807, 2.05) is 13.8 Å². The molecule has 2 aliphatic rings. The zero-order chi connectivity index (χ0) is 14.2. The van der Waals surface area contributed by atoms with Crippen LogP contribution in [0.15, 0.2) is 0 Å². The SMILES string of the molecule is CC(C)CN(C)C(=O)C(=O)N1CC2(CCN(C)C2)C1. The molecular formula is C14H25N3O2. The molecule has 1 spiro atoms. The standard InChI is InChI=1S/C14H25N3O2/c1-11(2)7-16(4)12(18)13(19)17-9-14(10-17)5-6-15(3)8-14/h11H,5-10H2,1-4H3. The van der Waals surface area contributed by atoms with Gasteiger partial charge >= 0.3 is 11.8 Å². The first-order chi connectivity index (χ1) is 8.83. The number of amides is 2. The Labute approximate surface area is 115 Å². The van der Waals surface area contributed by atoms with Crippen LogP contribution < -0.4 is 0 Å². The second kappa shape index (κ2) is 5.12. The molecular weight excluding hydrogens is 242 g/mol. The normalized spacial score (nSPS) is 21.8. The van der Waals surface area contributed by atoms with Crippen LogP contribution in [-0.4, -0.2) is 73.3 Å². The Morgan fingerprint density at radius 2 is 1.89 bits per heavy atom. The highest BCUT2D eigenvalue weighted by Gasteiger charge is 2.49. The summed E-state index contributed by atoms with van der Waals surface area (Å²) in [5.74, 6) is -0.314. The summed E-state index contributed by atoms with van der Waals surface area (Å²) in [5.41, 5.74) is 0.265. The number of carbonyl (C=O) groups is 2. The predicted octanol–water partition coefficient (Wildman–Crippen LogP) is 0.265. The Morgan fingerprint density at radius 3 is 2.37 bits per heavy atom. The smallest absolute Gasteiger partial charge is 0.312 e. The molecule has 0 bridgehead atoms. The van der Waals surface area contributed by atoms with Gasteiger partial charge in [0.1, 0.15) is 0 Å². The molecule has 0 aromatic heterocycles. The van der Waals surface area contributed by atoms with E-state index in [0.29, 0.717) is 12.5 Å². The number of hydrogen-bond acceptors (Lipinski definition) is 3. The van der Waals surface area contributed by atoms with Gasteiger partial charge in [0, 0.05) is 38.6 Å².